The number of aryl methyl sites for hydroxylation is 2. The van der Waals surface area contributed by atoms with E-state index in [1.54, 1.807) is 0 Å². The van der Waals surface area contributed by atoms with Gasteiger partial charge in [-0.3, -0.25) is 0 Å². The van der Waals surface area contributed by atoms with Gasteiger partial charge < -0.3 is 4.74 Å². The van der Waals surface area contributed by atoms with E-state index in [1.165, 1.54) is 33.0 Å². The van der Waals surface area contributed by atoms with Crippen molar-refractivity contribution >= 4 is 21.8 Å². The Labute approximate surface area is 185 Å². The zero-order valence-corrected chi connectivity index (χ0v) is 19.2. The molecule has 0 fully saturated rings. The summed E-state index contributed by atoms with van der Waals surface area (Å²) in [5.74, 6) is 1.43. The van der Waals surface area contributed by atoms with Gasteiger partial charge in [0.05, 0.1) is 11.0 Å². The van der Waals surface area contributed by atoms with E-state index in [1.807, 2.05) is 12.1 Å². The Morgan fingerprint density at radius 1 is 0.645 bits per heavy atom. The maximum absolute atomic E-state index is 6.59. The molecule has 31 heavy (non-hydrogen) atoms. The van der Waals surface area contributed by atoms with Gasteiger partial charge in [-0.15, -0.1) is 0 Å². The molecule has 0 spiro atoms. The van der Waals surface area contributed by atoms with Crippen LogP contribution < -0.4 is 4.74 Å². The van der Waals surface area contributed by atoms with E-state index in [4.69, 9.17) is 14.7 Å². The highest BCUT2D eigenvalue weighted by Crippen LogP contribution is 2.35. The summed E-state index contributed by atoms with van der Waals surface area (Å²) in [5, 5.41) is 2.41. The minimum Gasteiger partial charge on any atom is -0.420 e. The molecule has 0 aliphatic heterocycles. The molecule has 3 nitrogen and oxygen atoms in total. The zero-order chi connectivity index (χ0) is 21.8. The highest BCUT2D eigenvalue weighted by molar-refractivity contribution is 5.85. The second kappa shape index (κ2) is 9.47. The largest absolute Gasteiger partial charge is 0.420 e. The third-order valence-electron chi connectivity index (χ3n) is 6.24. The van der Waals surface area contributed by atoms with Crippen molar-refractivity contribution in [2.75, 3.05) is 0 Å². The number of fused-ring (bicyclic) bond motifs is 2. The van der Waals surface area contributed by atoms with Crippen molar-refractivity contribution in [2.45, 2.75) is 66.2 Å². The lowest BCUT2D eigenvalue weighted by atomic mass is 9.99. The first-order chi connectivity index (χ1) is 15.1. The number of pyridine rings is 2. The lowest BCUT2D eigenvalue weighted by Gasteiger charge is -2.18. The van der Waals surface area contributed by atoms with E-state index in [9.17, 15) is 0 Å². The van der Waals surface area contributed by atoms with E-state index >= 15 is 0 Å². The van der Waals surface area contributed by atoms with Crippen LogP contribution in [0.2, 0.25) is 0 Å². The molecule has 0 saturated heterocycles. The monoisotopic (exact) mass is 412 g/mol. The number of aromatic nitrogens is 2. The second-order valence-electron chi connectivity index (χ2n) is 8.38. The third-order valence-corrected chi connectivity index (χ3v) is 6.24. The summed E-state index contributed by atoms with van der Waals surface area (Å²) in [6, 6.07) is 16.7. The van der Waals surface area contributed by atoms with Crippen LogP contribution in [-0.4, -0.2) is 9.97 Å². The Morgan fingerprint density at radius 2 is 1.06 bits per heavy atom. The van der Waals surface area contributed by atoms with Gasteiger partial charge in [0.25, 0.3) is 0 Å². The lowest BCUT2D eigenvalue weighted by Crippen LogP contribution is -2.04. The fourth-order valence-corrected chi connectivity index (χ4v) is 4.33. The molecule has 3 heteroatoms. The topological polar surface area (TPSA) is 35.0 Å². The van der Waals surface area contributed by atoms with Crippen LogP contribution in [0.3, 0.4) is 0 Å². The van der Waals surface area contributed by atoms with Gasteiger partial charge in [0.2, 0.25) is 11.8 Å². The Balaban J connectivity index is 1.88. The standard InChI is InChI=1S/C28H32N2O/c1-5-7-13-23-19(3)21-15-9-11-17-25(21)29-27(23)31-28-24(14-8-6-2)20(4)22-16-10-12-18-26(22)30-28/h9-12,15-18H,5-8,13-14H2,1-4H3. The molecule has 0 bridgehead atoms. The van der Waals surface area contributed by atoms with Crippen molar-refractivity contribution in [1.82, 2.24) is 9.97 Å². The summed E-state index contributed by atoms with van der Waals surface area (Å²) in [4.78, 5) is 9.91. The molecule has 0 atom stereocenters. The SMILES string of the molecule is CCCCc1c(Oc2nc3ccccc3c(C)c2CCCC)nc2ccccc2c1C. The zero-order valence-electron chi connectivity index (χ0n) is 19.2. The average Bonchev–Trinajstić information content (AvgIpc) is 2.79. The average molecular weight is 413 g/mol. The predicted octanol–water partition coefficient (Wildman–Crippen LogP) is 7.88. The summed E-state index contributed by atoms with van der Waals surface area (Å²) < 4.78 is 6.59. The van der Waals surface area contributed by atoms with Crippen molar-refractivity contribution in [3.05, 3.63) is 70.8 Å². The van der Waals surface area contributed by atoms with E-state index < -0.39 is 0 Å². The van der Waals surface area contributed by atoms with Crippen molar-refractivity contribution in [3.8, 4) is 11.8 Å². The van der Waals surface area contributed by atoms with E-state index in [2.05, 4.69) is 64.1 Å². The van der Waals surface area contributed by atoms with Crippen LogP contribution in [0.4, 0.5) is 0 Å². The Morgan fingerprint density at radius 3 is 1.48 bits per heavy atom. The number of hydrogen-bond donors (Lipinski definition) is 0. The highest BCUT2D eigenvalue weighted by Gasteiger charge is 2.18. The normalized spacial score (nSPS) is 11.4. The minimum absolute atomic E-state index is 0.713. The third kappa shape index (κ3) is 4.27. The lowest BCUT2D eigenvalue weighted by molar-refractivity contribution is 0.433. The first kappa shape index (κ1) is 21.3. The molecule has 0 aliphatic rings. The quantitative estimate of drug-likeness (QED) is 0.295. The molecule has 160 valence electrons. The molecule has 2 heterocycles. The van der Waals surface area contributed by atoms with Crippen molar-refractivity contribution < 1.29 is 4.74 Å². The number of benzene rings is 2. The van der Waals surface area contributed by atoms with Crippen LogP contribution in [-0.2, 0) is 12.8 Å². The molecule has 0 aliphatic carbocycles. The van der Waals surface area contributed by atoms with E-state index in [0.717, 1.165) is 49.6 Å². The smallest absolute Gasteiger partial charge is 0.225 e. The van der Waals surface area contributed by atoms with Gasteiger partial charge in [0.15, 0.2) is 0 Å². The molecule has 4 aromatic rings. The Hall–Kier alpha value is -2.94. The fourth-order valence-electron chi connectivity index (χ4n) is 4.33. The molecule has 0 radical (unpaired) electrons. The van der Waals surface area contributed by atoms with E-state index in [0.29, 0.717) is 11.8 Å². The summed E-state index contributed by atoms with van der Waals surface area (Å²) >= 11 is 0. The van der Waals surface area contributed by atoms with Crippen LogP contribution in [0, 0.1) is 13.8 Å². The van der Waals surface area contributed by atoms with Crippen LogP contribution in [0.5, 0.6) is 11.8 Å². The minimum atomic E-state index is 0.713. The summed E-state index contributed by atoms with van der Waals surface area (Å²) in [7, 11) is 0. The van der Waals surface area contributed by atoms with Crippen molar-refractivity contribution in [1.29, 1.82) is 0 Å². The van der Waals surface area contributed by atoms with Gasteiger partial charge in [-0.1, -0.05) is 63.1 Å². The summed E-state index contributed by atoms with van der Waals surface area (Å²) in [6.07, 6.45) is 6.44. The van der Waals surface area contributed by atoms with Crippen molar-refractivity contribution in [3.63, 3.8) is 0 Å². The van der Waals surface area contributed by atoms with Gasteiger partial charge in [-0.05, 0) is 62.8 Å². The fraction of sp³-hybridized carbons (Fsp3) is 0.357. The molecule has 2 aromatic heterocycles. The molecule has 4 rings (SSSR count). The number of nitrogens with zero attached hydrogens (tertiary/aromatic N) is 2. The number of rotatable bonds is 8. The molecule has 2 aromatic carbocycles. The number of hydrogen-bond acceptors (Lipinski definition) is 3. The Kier molecular flexibility index (Phi) is 6.50. The first-order valence-electron chi connectivity index (χ1n) is 11.6. The second-order valence-corrected chi connectivity index (χ2v) is 8.38. The van der Waals surface area contributed by atoms with Crippen molar-refractivity contribution in [2.24, 2.45) is 0 Å². The predicted molar refractivity (Wildman–Crippen MR) is 130 cm³/mol. The van der Waals surface area contributed by atoms with Crippen LogP contribution >= 0.6 is 0 Å². The van der Waals surface area contributed by atoms with Gasteiger partial charge in [0, 0.05) is 21.9 Å². The maximum atomic E-state index is 6.59. The molecule has 0 unspecified atom stereocenters. The van der Waals surface area contributed by atoms with Crippen LogP contribution in [0.25, 0.3) is 21.8 Å². The molecule has 0 N–H and O–H groups in total. The molecular formula is C28H32N2O. The van der Waals surface area contributed by atoms with Gasteiger partial charge in [-0.2, -0.15) is 0 Å². The van der Waals surface area contributed by atoms with Crippen LogP contribution in [0.1, 0.15) is 61.8 Å². The summed E-state index contributed by atoms with van der Waals surface area (Å²) in [6.45, 7) is 8.83. The molecular weight excluding hydrogens is 380 g/mol. The van der Waals surface area contributed by atoms with Gasteiger partial charge in [0.1, 0.15) is 0 Å². The highest BCUT2D eigenvalue weighted by atomic mass is 16.5. The van der Waals surface area contributed by atoms with Gasteiger partial charge >= 0.3 is 0 Å². The molecule has 0 saturated carbocycles. The molecule has 0 amide bonds. The maximum Gasteiger partial charge on any atom is 0.225 e. The Bertz CT molecular complexity index is 1120. The number of unbranched alkanes of at least 4 members (excludes halogenated alkanes) is 2. The van der Waals surface area contributed by atoms with Gasteiger partial charge in [-0.25, -0.2) is 9.97 Å². The van der Waals surface area contributed by atoms with Crippen LogP contribution in [0.15, 0.2) is 48.5 Å². The number of para-hydroxylation sites is 2. The summed E-state index contributed by atoms with van der Waals surface area (Å²) in [5.41, 5.74) is 6.89. The first-order valence-corrected chi connectivity index (χ1v) is 11.6. The van der Waals surface area contributed by atoms with E-state index in [-0.39, 0.29) is 0 Å². The number of ether oxygens (including phenoxy) is 1.